The molecule has 0 heterocycles. The molecule has 100 valence electrons. The fraction of sp³-hybridized carbons (Fsp3) is 0.294. The lowest BCUT2D eigenvalue weighted by molar-refractivity contribution is 0.404. The van der Waals surface area contributed by atoms with Gasteiger partial charge in [0.15, 0.2) is 0 Å². The number of hydrogen-bond donors (Lipinski definition) is 1. The van der Waals surface area contributed by atoms with Gasteiger partial charge in [-0.1, -0.05) is 55.0 Å². The van der Waals surface area contributed by atoms with Crippen molar-refractivity contribution in [1.29, 1.82) is 0 Å². The van der Waals surface area contributed by atoms with Gasteiger partial charge in [-0.15, -0.1) is 0 Å². The van der Waals surface area contributed by atoms with Crippen LogP contribution in [0.15, 0.2) is 48.5 Å². The third-order valence-corrected chi connectivity index (χ3v) is 3.23. The SMILES string of the molecule is CCNC(c1cccc(C)c1)c1ccccc1OC. The molecule has 2 nitrogen and oxygen atoms in total. The van der Waals surface area contributed by atoms with Crippen molar-refractivity contribution >= 4 is 0 Å². The summed E-state index contributed by atoms with van der Waals surface area (Å²) in [5, 5.41) is 3.54. The first-order chi connectivity index (χ1) is 9.26. The van der Waals surface area contributed by atoms with Gasteiger partial charge in [-0.3, -0.25) is 0 Å². The van der Waals surface area contributed by atoms with Crippen LogP contribution in [-0.4, -0.2) is 13.7 Å². The quantitative estimate of drug-likeness (QED) is 0.879. The molecule has 2 heteroatoms. The molecule has 1 atom stereocenters. The van der Waals surface area contributed by atoms with E-state index >= 15 is 0 Å². The van der Waals surface area contributed by atoms with E-state index in [4.69, 9.17) is 4.74 Å². The van der Waals surface area contributed by atoms with Gasteiger partial charge in [0.1, 0.15) is 5.75 Å². The lowest BCUT2D eigenvalue weighted by Gasteiger charge is -2.21. The maximum absolute atomic E-state index is 5.48. The van der Waals surface area contributed by atoms with Gasteiger partial charge in [-0.2, -0.15) is 0 Å². The van der Waals surface area contributed by atoms with Crippen molar-refractivity contribution in [3.8, 4) is 5.75 Å². The summed E-state index contributed by atoms with van der Waals surface area (Å²) in [6.45, 7) is 5.16. The van der Waals surface area contributed by atoms with Crippen molar-refractivity contribution < 1.29 is 4.74 Å². The van der Waals surface area contributed by atoms with Crippen molar-refractivity contribution in [2.24, 2.45) is 0 Å². The van der Waals surface area contributed by atoms with E-state index in [1.165, 1.54) is 16.7 Å². The van der Waals surface area contributed by atoms with Crippen LogP contribution in [0, 0.1) is 6.92 Å². The number of rotatable bonds is 5. The van der Waals surface area contributed by atoms with Crippen LogP contribution in [0.4, 0.5) is 0 Å². The molecule has 0 aliphatic heterocycles. The van der Waals surface area contributed by atoms with Crippen LogP contribution in [0.3, 0.4) is 0 Å². The van der Waals surface area contributed by atoms with Gasteiger partial charge in [0, 0.05) is 5.56 Å². The Morgan fingerprint density at radius 3 is 2.58 bits per heavy atom. The Kier molecular flexibility index (Phi) is 4.58. The van der Waals surface area contributed by atoms with Crippen LogP contribution in [-0.2, 0) is 0 Å². The van der Waals surface area contributed by atoms with Crippen molar-refractivity contribution in [3.05, 3.63) is 65.2 Å². The third-order valence-electron chi connectivity index (χ3n) is 3.23. The average Bonchev–Trinajstić information content (AvgIpc) is 2.45. The standard InChI is InChI=1S/C17H21NO/c1-4-18-17(14-9-7-8-13(2)12-14)15-10-5-6-11-16(15)19-3/h5-12,17-18H,4H2,1-3H3. The zero-order valence-electron chi connectivity index (χ0n) is 11.8. The van der Waals surface area contributed by atoms with Gasteiger partial charge in [0.05, 0.1) is 13.2 Å². The molecule has 0 aliphatic carbocycles. The topological polar surface area (TPSA) is 21.3 Å². The lowest BCUT2D eigenvalue weighted by Crippen LogP contribution is -2.22. The first-order valence-corrected chi connectivity index (χ1v) is 6.69. The predicted molar refractivity (Wildman–Crippen MR) is 79.7 cm³/mol. The molecule has 0 spiro atoms. The molecule has 2 rings (SSSR count). The molecule has 0 aromatic heterocycles. The van der Waals surface area contributed by atoms with E-state index in [-0.39, 0.29) is 6.04 Å². The zero-order valence-corrected chi connectivity index (χ0v) is 11.8. The number of benzene rings is 2. The van der Waals surface area contributed by atoms with E-state index < -0.39 is 0 Å². The molecule has 0 fully saturated rings. The molecule has 2 aromatic rings. The van der Waals surface area contributed by atoms with Gasteiger partial charge < -0.3 is 10.1 Å². The molecule has 0 saturated heterocycles. The Hall–Kier alpha value is -1.80. The monoisotopic (exact) mass is 255 g/mol. The molecular weight excluding hydrogens is 234 g/mol. The first kappa shape index (κ1) is 13.6. The van der Waals surface area contributed by atoms with E-state index in [0.29, 0.717) is 0 Å². The molecule has 0 saturated carbocycles. The summed E-state index contributed by atoms with van der Waals surface area (Å²) < 4.78 is 5.48. The Morgan fingerprint density at radius 1 is 1.11 bits per heavy atom. The normalized spacial score (nSPS) is 12.2. The highest BCUT2D eigenvalue weighted by Crippen LogP contribution is 2.30. The molecule has 0 aliphatic rings. The maximum atomic E-state index is 5.48. The molecule has 19 heavy (non-hydrogen) atoms. The molecule has 1 N–H and O–H groups in total. The molecule has 1 unspecified atom stereocenters. The third kappa shape index (κ3) is 3.15. The van der Waals surface area contributed by atoms with Gasteiger partial charge in [-0.05, 0) is 25.1 Å². The summed E-state index contributed by atoms with van der Waals surface area (Å²) in [4.78, 5) is 0. The van der Waals surface area contributed by atoms with Crippen molar-refractivity contribution in [3.63, 3.8) is 0 Å². The highest BCUT2D eigenvalue weighted by atomic mass is 16.5. The van der Waals surface area contributed by atoms with Crippen LogP contribution in [0.2, 0.25) is 0 Å². The van der Waals surface area contributed by atoms with Crippen LogP contribution in [0.25, 0.3) is 0 Å². The molecule has 0 radical (unpaired) electrons. The van der Waals surface area contributed by atoms with Crippen LogP contribution in [0.1, 0.15) is 29.7 Å². The van der Waals surface area contributed by atoms with Crippen molar-refractivity contribution in [2.45, 2.75) is 19.9 Å². The van der Waals surface area contributed by atoms with E-state index in [1.807, 2.05) is 12.1 Å². The number of hydrogen-bond acceptors (Lipinski definition) is 2. The Morgan fingerprint density at radius 2 is 1.89 bits per heavy atom. The van der Waals surface area contributed by atoms with Crippen LogP contribution in [0.5, 0.6) is 5.75 Å². The smallest absolute Gasteiger partial charge is 0.123 e. The summed E-state index contributed by atoms with van der Waals surface area (Å²) in [7, 11) is 1.72. The minimum Gasteiger partial charge on any atom is -0.496 e. The van der Waals surface area contributed by atoms with E-state index in [2.05, 4.69) is 55.6 Å². The van der Waals surface area contributed by atoms with Gasteiger partial charge >= 0.3 is 0 Å². The lowest BCUT2D eigenvalue weighted by atomic mass is 9.96. The summed E-state index contributed by atoms with van der Waals surface area (Å²) in [6.07, 6.45) is 0. The Labute approximate surface area is 115 Å². The highest BCUT2D eigenvalue weighted by molar-refractivity contribution is 5.42. The van der Waals surface area contributed by atoms with Crippen LogP contribution < -0.4 is 10.1 Å². The summed E-state index contributed by atoms with van der Waals surface area (Å²) in [6, 6.07) is 17.0. The second-order valence-electron chi connectivity index (χ2n) is 4.65. The summed E-state index contributed by atoms with van der Waals surface area (Å²) in [5.41, 5.74) is 3.72. The second-order valence-corrected chi connectivity index (χ2v) is 4.65. The van der Waals surface area contributed by atoms with Crippen LogP contribution >= 0.6 is 0 Å². The fourth-order valence-electron chi connectivity index (χ4n) is 2.37. The molecule has 0 bridgehead atoms. The number of aryl methyl sites for hydroxylation is 1. The minimum absolute atomic E-state index is 0.168. The maximum Gasteiger partial charge on any atom is 0.123 e. The largest absolute Gasteiger partial charge is 0.496 e. The van der Waals surface area contributed by atoms with Gasteiger partial charge in [0.2, 0.25) is 0 Å². The number of nitrogens with one attached hydrogen (secondary N) is 1. The summed E-state index contributed by atoms with van der Waals surface area (Å²) >= 11 is 0. The highest BCUT2D eigenvalue weighted by Gasteiger charge is 2.16. The Balaban J connectivity index is 2.45. The molecular formula is C17H21NO. The molecule has 2 aromatic carbocycles. The van der Waals surface area contributed by atoms with E-state index in [9.17, 15) is 0 Å². The second kappa shape index (κ2) is 6.39. The summed E-state index contributed by atoms with van der Waals surface area (Å²) in [5.74, 6) is 0.926. The predicted octanol–water partition coefficient (Wildman–Crippen LogP) is 3.70. The first-order valence-electron chi connectivity index (χ1n) is 6.69. The van der Waals surface area contributed by atoms with Gasteiger partial charge in [0.25, 0.3) is 0 Å². The average molecular weight is 255 g/mol. The number of ether oxygens (including phenoxy) is 1. The van der Waals surface area contributed by atoms with Gasteiger partial charge in [-0.25, -0.2) is 0 Å². The molecule has 0 amide bonds. The number of para-hydroxylation sites is 1. The zero-order chi connectivity index (χ0) is 13.7. The minimum atomic E-state index is 0.168. The Bertz CT molecular complexity index is 536. The van der Waals surface area contributed by atoms with Crippen molar-refractivity contribution in [1.82, 2.24) is 5.32 Å². The fourth-order valence-corrected chi connectivity index (χ4v) is 2.37. The van der Waals surface area contributed by atoms with Crippen molar-refractivity contribution in [2.75, 3.05) is 13.7 Å². The van der Waals surface area contributed by atoms with E-state index in [1.54, 1.807) is 7.11 Å². The van der Waals surface area contributed by atoms with E-state index in [0.717, 1.165) is 12.3 Å². The number of methoxy groups -OCH3 is 1.